The van der Waals surface area contributed by atoms with Crippen molar-refractivity contribution in [3.05, 3.63) is 58.7 Å². The summed E-state index contributed by atoms with van der Waals surface area (Å²) in [5.74, 6) is -3.10. The van der Waals surface area contributed by atoms with Crippen molar-refractivity contribution < 1.29 is 46.1 Å². The molecular weight excluding hydrogens is 430 g/mol. The van der Waals surface area contributed by atoms with Gasteiger partial charge in [-0.1, -0.05) is 12.1 Å². The molecule has 2 aromatic carbocycles. The molecule has 0 aliphatic heterocycles. The lowest BCUT2D eigenvalue weighted by molar-refractivity contribution is 0.0486. The molecule has 29 heavy (non-hydrogen) atoms. The Bertz CT molecular complexity index is 832. The van der Waals surface area contributed by atoms with Crippen LogP contribution in [0.3, 0.4) is 0 Å². The summed E-state index contributed by atoms with van der Waals surface area (Å²) in [6, 6.07) is 4.77. The number of benzene rings is 2. The van der Waals surface area contributed by atoms with Gasteiger partial charge in [-0.15, -0.1) is 12.4 Å². The maximum absolute atomic E-state index is 14.1. The van der Waals surface area contributed by atoms with Crippen molar-refractivity contribution in [3.63, 3.8) is 0 Å². The summed E-state index contributed by atoms with van der Waals surface area (Å²) in [6.07, 6.45) is -13.1. The van der Waals surface area contributed by atoms with E-state index in [0.29, 0.717) is 12.1 Å². The van der Waals surface area contributed by atoms with Gasteiger partial charge >= 0.3 is 11.9 Å². The van der Waals surface area contributed by atoms with E-state index < -0.39 is 70.5 Å². The van der Waals surface area contributed by atoms with Crippen molar-refractivity contribution in [3.8, 4) is 11.1 Å². The van der Waals surface area contributed by atoms with Crippen molar-refractivity contribution >= 4 is 24.3 Å². The Balaban J connectivity index is 0.00000420. The number of halogens is 7. The lowest BCUT2D eigenvalue weighted by atomic mass is 9.89. The van der Waals surface area contributed by atoms with E-state index >= 15 is 0 Å². The Labute approximate surface area is 166 Å². The van der Waals surface area contributed by atoms with Gasteiger partial charge in [-0.25, -0.2) is 35.9 Å². The lowest BCUT2D eigenvalue weighted by Crippen LogP contribution is -2.11. The summed E-state index contributed by atoms with van der Waals surface area (Å²) in [7, 11) is 0. The Kier molecular flexibility index (Phi) is 8.07. The first-order chi connectivity index (χ1) is 13.0. The van der Waals surface area contributed by atoms with E-state index in [9.17, 15) is 35.9 Å². The molecule has 2 rings (SSSR count). The molecule has 0 aliphatic carbocycles. The van der Waals surface area contributed by atoms with E-state index in [-0.39, 0.29) is 12.4 Å². The maximum Gasteiger partial charge on any atom is 0.335 e. The molecule has 0 saturated carbocycles. The third kappa shape index (κ3) is 5.20. The van der Waals surface area contributed by atoms with E-state index in [4.69, 9.17) is 10.2 Å². The van der Waals surface area contributed by atoms with Gasteiger partial charge in [0, 0.05) is 11.1 Å². The van der Waals surface area contributed by atoms with Gasteiger partial charge in [0.2, 0.25) is 0 Å². The van der Waals surface area contributed by atoms with E-state index in [1.165, 1.54) is 0 Å². The minimum Gasteiger partial charge on any atom is -0.478 e. The third-order valence-corrected chi connectivity index (χ3v) is 3.92. The zero-order chi connectivity index (χ0) is 21.2. The number of carboxylic acids is 2. The summed E-state index contributed by atoms with van der Waals surface area (Å²) in [6.45, 7) is 0. The highest BCUT2D eigenvalue weighted by molar-refractivity contribution is 5.91. The van der Waals surface area contributed by atoms with Crippen molar-refractivity contribution in [2.75, 3.05) is 0 Å². The molecule has 0 spiro atoms. The molecule has 0 saturated heterocycles. The summed E-state index contributed by atoms with van der Waals surface area (Å²) in [4.78, 5) is 22.1. The first-order valence-corrected chi connectivity index (χ1v) is 7.63. The third-order valence-electron chi connectivity index (χ3n) is 3.92. The number of carbonyl (C=O) groups is 2. The first-order valence-electron chi connectivity index (χ1n) is 7.63. The predicted octanol–water partition coefficient (Wildman–Crippen LogP) is 5.72. The van der Waals surface area contributed by atoms with Crippen LogP contribution in [-0.4, -0.2) is 35.0 Å². The molecule has 2 N–H and O–H groups in total. The van der Waals surface area contributed by atoms with Crippen LogP contribution in [0.5, 0.6) is 0 Å². The molecule has 0 bridgehead atoms. The lowest BCUT2D eigenvalue weighted by Gasteiger charge is -2.19. The van der Waals surface area contributed by atoms with Gasteiger partial charge in [0.15, 0.2) is 12.3 Å². The van der Waals surface area contributed by atoms with Crippen LogP contribution in [0.2, 0.25) is 0 Å². The van der Waals surface area contributed by atoms with Crippen LogP contribution < -0.4 is 0 Å². The Morgan fingerprint density at radius 2 is 0.966 bits per heavy atom. The topological polar surface area (TPSA) is 74.6 Å². The van der Waals surface area contributed by atoms with Gasteiger partial charge in [0.05, 0.1) is 11.1 Å². The van der Waals surface area contributed by atoms with Crippen LogP contribution in [0.15, 0.2) is 36.4 Å². The summed E-state index contributed by atoms with van der Waals surface area (Å²) in [5, 5.41) is 17.9. The van der Waals surface area contributed by atoms with E-state index in [2.05, 4.69) is 0 Å². The van der Waals surface area contributed by atoms with Gasteiger partial charge in [0.1, 0.15) is 0 Å². The molecule has 0 amide bonds. The second-order valence-corrected chi connectivity index (χ2v) is 5.69. The highest BCUT2D eigenvalue weighted by Gasteiger charge is 2.30. The van der Waals surface area contributed by atoms with Crippen LogP contribution in [0.25, 0.3) is 11.1 Å². The van der Waals surface area contributed by atoms with Crippen molar-refractivity contribution in [1.82, 2.24) is 0 Å². The predicted molar refractivity (Wildman–Crippen MR) is 92.8 cm³/mol. The molecule has 0 aromatic heterocycles. The molecule has 0 fully saturated rings. The van der Waals surface area contributed by atoms with Crippen molar-refractivity contribution in [1.29, 1.82) is 0 Å². The smallest absolute Gasteiger partial charge is 0.335 e. The fourth-order valence-corrected chi connectivity index (χ4v) is 2.61. The summed E-state index contributed by atoms with van der Waals surface area (Å²) in [5.41, 5.74) is -3.68. The van der Waals surface area contributed by atoms with Crippen molar-refractivity contribution in [2.45, 2.75) is 25.2 Å². The average molecular weight is 443 g/mol. The molecule has 4 nitrogen and oxygen atoms in total. The van der Waals surface area contributed by atoms with E-state index in [1.54, 1.807) is 0 Å². The largest absolute Gasteiger partial charge is 0.478 e. The fraction of sp³-hybridized carbons (Fsp3) is 0.222. The van der Waals surface area contributed by atoms with Crippen LogP contribution in [-0.2, 0) is 0 Å². The van der Waals surface area contributed by atoms with Gasteiger partial charge in [-0.2, -0.15) is 0 Å². The van der Waals surface area contributed by atoms with E-state index in [1.807, 2.05) is 0 Å². The zero-order valence-corrected chi connectivity index (χ0v) is 15.0. The number of hydrogen-bond acceptors (Lipinski definition) is 2. The van der Waals surface area contributed by atoms with Gasteiger partial charge in [0.25, 0.3) is 12.9 Å². The Morgan fingerprint density at radius 3 is 1.21 bits per heavy atom. The molecule has 0 aliphatic rings. The maximum atomic E-state index is 14.1. The standard InChI is InChI=1S/C18H12F6O4.ClH/c19-13(15(21)22)11-5-7(17(25)26)1-3-9(11)10-4-2-8(18(27)28)6-12(10)14(20)16(23)24;/h1-6,13-16H,(H,25,26)(H,27,28);1H. The molecule has 158 valence electrons. The number of aromatic carboxylic acids is 2. The zero-order valence-electron chi connectivity index (χ0n) is 14.2. The minimum absolute atomic E-state index is 0. The number of hydrogen-bond donors (Lipinski definition) is 2. The SMILES string of the molecule is Cl.O=C(O)c1ccc(-c2ccc(C(=O)O)cc2C(F)C(F)F)c(C(F)C(F)F)c1. The number of rotatable bonds is 7. The minimum atomic E-state index is -3.57. The molecule has 0 radical (unpaired) electrons. The Hall–Kier alpha value is -2.75. The van der Waals surface area contributed by atoms with Crippen LogP contribution in [0.4, 0.5) is 26.3 Å². The molecule has 2 unspecified atom stereocenters. The highest BCUT2D eigenvalue weighted by atomic mass is 35.5. The molecule has 2 aromatic rings. The second kappa shape index (κ2) is 9.64. The van der Waals surface area contributed by atoms with Crippen LogP contribution >= 0.6 is 12.4 Å². The van der Waals surface area contributed by atoms with Crippen LogP contribution in [0.1, 0.15) is 44.2 Å². The van der Waals surface area contributed by atoms with E-state index in [0.717, 1.165) is 24.3 Å². The number of carboxylic acid groups (broad SMARTS) is 2. The molecule has 2 atom stereocenters. The molecule has 11 heteroatoms. The second-order valence-electron chi connectivity index (χ2n) is 5.69. The van der Waals surface area contributed by atoms with Crippen molar-refractivity contribution in [2.24, 2.45) is 0 Å². The van der Waals surface area contributed by atoms with Gasteiger partial charge in [-0.3, -0.25) is 0 Å². The quantitative estimate of drug-likeness (QED) is 0.538. The molecule has 0 heterocycles. The average Bonchev–Trinajstić information content (AvgIpc) is 2.65. The summed E-state index contributed by atoms with van der Waals surface area (Å²) < 4.78 is 79.8. The highest BCUT2D eigenvalue weighted by Crippen LogP contribution is 2.40. The first kappa shape index (κ1) is 24.3. The molecular formula is C18H13ClF6O4. The van der Waals surface area contributed by atoms with Gasteiger partial charge in [-0.05, 0) is 35.4 Å². The number of alkyl halides is 6. The Morgan fingerprint density at radius 1 is 0.655 bits per heavy atom. The monoisotopic (exact) mass is 442 g/mol. The normalized spacial score (nSPS) is 13.1. The fourth-order valence-electron chi connectivity index (χ4n) is 2.61. The van der Waals surface area contributed by atoms with Gasteiger partial charge < -0.3 is 10.2 Å². The van der Waals surface area contributed by atoms with Crippen LogP contribution in [0, 0.1) is 0 Å². The summed E-state index contributed by atoms with van der Waals surface area (Å²) >= 11 is 0.